The van der Waals surface area contributed by atoms with Gasteiger partial charge < -0.3 is 15.4 Å². The van der Waals surface area contributed by atoms with Crippen LogP contribution in [0.1, 0.15) is 0 Å². The Morgan fingerprint density at radius 2 is 2.31 bits per heavy atom. The number of benzene rings is 1. The molecule has 0 fully saturated rings. The molecule has 0 saturated heterocycles. The second-order valence-electron chi connectivity index (χ2n) is 3.15. The number of fused-ring (bicyclic) bond motifs is 1. The van der Waals surface area contributed by atoms with Crippen LogP contribution < -0.4 is 26.6 Å². The van der Waals surface area contributed by atoms with Crippen LogP contribution in [0, 0.1) is 0 Å². The average Bonchev–Trinajstić information content (AvgIpc) is 2.28. The molecule has 0 spiro atoms. The first-order valence-electron chi connectivity index (χ1n) is 4.53. The van der Waals surface area contributed by atoms with Crippen molar-refractivity contribution >= 4 is 23.3 Å². The highest BCUT2D eigenvalue weighted by molar-refractivity contribution is 5.97. The van der Waals surface area contributed by atoms with Gasteiger partial charge in [-0.25, -0.2) is 10.6 Å². The Kier molecular flexibility index (Phi) is 2.61. The van der Waals surface area contributed by atoms with Crippen LogP contribution in [0.15, 0.2) is 18.2 Å². The number of amides is 3. The summed E-state index contributed by atoms with van der Waals surface area (Å²) < 4.78 is 5.16. The van der Waals surface area contributed by atoms with Crippen LogP contribution in [0.4, 0.5) is 16.2 Å². The van der Waals surface area contributed by atoms with Crippen molar-refractivity contribution in [3.63, 3.8) is 0 Å². The number of nitrogens with two attached hydrogens (primary N) is 1. The van der Waals surface area contributed by atoms with E-state index in [0.717, 1.165) is 0 Å². The van der Waals surface area contributed by atoms with Crippen LogP contribution in [0.3, 0.4) is 0 Å². The summed E-state index contributed by atoms with van der Waals surface area (Å²) in [5.74, 6) is 5.26. The van der Waals surface area contributed by atoms with Crippen molar-refractivity contribution < 1.29 is 14.3 Å². The molecule has 0 atom stereocenters. The number of carbonyl (C=O) groups is 2. The van der Waals surface area contributed by atoms with Gasteiger partial charge in [-0.05, 0) is 18.2 Å². The maximum absolute atomic E-state index is 11.1. The molecule has 0 radical (unpaired) electrons. The zero-order valence-electron chi connectivity index (χ0n) is 8.24. The van der Waals surface area contributed by atoms with Crippen molar-refractivity contribution in [1.82, 2.24) is 5.43 Å². The lowest BCUT2D eigenvalue weighted by molar-refractivity contribution is -0.118. The van der Waals surface area contributed by atoms with Gasteiger partial charge in [0.2, 0.25) is 0 Å². The summed E-state index contributed by atoms with van der Waals surface area (Å²) >= 11 is 0. The minimum Gasteiger partial charge on any atom is -0.482 e. The lowest BCUT2D eigenvalue weighted by atomic mass is 10.2. The van der Waals surface area contributed by atoms with Gasteiger partial charge in [-0.3, -0.25) is 10.2 Å². The van der Waals surface area contributed by atoms with Crippen LogP contribution in [-0.4, -0.2) is 18.5 Å². The lowest BCUT2D eigenvalue weighted by Gasteiger charge is -2.18. The number of hydrogen-bond donors (Lipinski definition) is 4. The SMILES string of the molecule is NNC(=O)Nc1ccc2c(c1)NC(=O)CO2. The van der Waals surface area contributed by atoms with Gasteiger partial charge in [0, 0.05) is 5.69 Å². The number of carbonyl (C=O) groups excluding carboxylic acids is 2. The molecule has 1 aromatic carbocycles. The normalized spacial score (nSPS) is 13.2. The third-order valence-corrected chi connectivity index (χ3v) is 2.00. The maximum atomic E-state index is 11.1. The molecule has 7 heteroatoms. The molecule has 1 aliphatic heterocycles. The molecule has 1 heterocycles. The fraction of sp³-hybridized carbons (Fsp3) is 0.111. The molecule has 1 aromatic rings. The Labute approximate surface area is 90.9 Å². The van der Waals surface area contributed by atoms with E-state index < -0.39 is 6.03 Å². The minimum atomic E-state index is -0.539. The van der Waals surface area contributed by atoms with E-state index in [1.54, 1.807) is 18.2 Å². The molecule has 0 aliphatic carbocycles. The van der Waals surface area contributed by atoms with Crippen LogP contribution in [0.5, 0.6) is 5.75 Å². The smallest absolute Gasteiger partial charge is 0.333 e. The molecule has 2 rings (SSSR count). The highest BCUT2D eigenvalue weighted by atomic mass is 16.5. The Bertz CT molecular complexity index is 446. The first-order valence-corrected chi connectivity index (χ1v) is 4.53. The van der Waals surface area contributed by atoms with Crippen LogP contribution in [0.2, 0.25) is 0 Å². The number of urea groups is 1. The summed E-state index contributed by atoms with van der Waals surface area (Å²) in [6.45, 7) is 0.00304. The number of rotatable bonds is 1. The standard InChI is InChI=1S/C9H10N4O3/c10-13-9(15)11-5-1-2-7-6(3-5)12-8(14)4-16-7/h1-3H,4,10H2,(H,12,14)(H2,11,13,15). The summed E-state index contributed by atoms with van der Waals surface area (Å²) in [5.41, 5.74) is 2.96. The van der Waals surface area contributed by atoms with Crippen molar-refractivity contribution in [2.24, 2.45) is 5.84 Å². The molecule has 1 aliphatic rings. The Morgan fingerprint density at radius 1 is 1.50 bits per heavy atom. The van der Waals surface area contributed by atoms with E-state index in [9.17, 15) is 9.59 Å². The largest absolute Gasteiger partial charge is 0.482 e. The summed E-state index contributed by atoms with van der Waals surface area (Å²) in [5, 5.41) is 5.10. The molecule has 0 bridgehead atoms. The first-order chi connectivity index (χ1) is 7.69. The van der Waals surface area contributed by atoms with E-state index in [2.05, 4.69) is 10.6 Å². The number of anilines is 2. The van der Waals surface area contributed by atoms with E-state index in [1.807, 2.05) is 5.43 Å². The third-order valence-electron chi connectivity index (χ3n) is 2.00. The molecule has 0 saturated carbocycles. The van der Waals surface area contributed by atoms with Gasteiger partial charge in [-0.1, -0.05) is 0 Å². The van der Waals surface area contributed by atoms with E-state index in [-0.39, 0.29) is 12.5 Å². The summed E-state index contributed by atoms with van der Waals surface area (Å²) in [7, 11) is 0. The summed E-state index contributed by atoms with van der Waals surface area (Å²) in [6.07, 6.45) is 0. The third kappa shape index (κ3) is 2.04. The highest BCUT2D eigenvalue weighted by Crippen LogP contribution is 2.30. The maximum Gasteiger partial charge on any atom is 0.333 e. The van der Waals surface area contributed by atoms with E-state index in [1.165, 1.54) is 0 Å². The van der Waals surface area contributed by atoms with Crippen LogP contribution in [-0.2, 0) is 4.79 Å². The van der Waals surface area contributed by atoms with Gasteiger partial charge in [0.1, 0.15) is 5.75 Å². The minimum absolute atomic E-state index is 0.00304. The second-order valence-corrected chi connectivity index (χ2v) is 3.15. The molecule has 84 valence electrons. The molecule has 16 heavy (non-hydrogen) atoms. The topological polar surface area (TPSA) is 105 Å². The Hall–Kier alpha value is -2.28. The number of hydrogen-bond acceptors (Lipinski definition) is 4. The zero-order chi connectivity index (χ0) is 11.5. The molecule has 0 aromatic heterocycles. The average molecular weight is 222 g/mol. The Balaban J connectivity index is 2.21. The molecular formula is C9H10N4O3. The fourth-order valence-electron chi connectivity index (χ4n) is 1.33. The highest BCUT2D eigenvalue weighted by Gasteiger charge is 2.16. The molecular weight excluding hydrogens is 212 g/mol. The van der Waals surface area contributed by atoms with E-state index in [0.29, 0.717) is 17.1 Å². The van der Waals surface area contributed by atoms with Crippen molar-refractivity contribution in [2.45, 2.75) is 0 Å². The van der Waals surface area contributed by atoms with Gasteiger partial charge in [-0.15, -0.1) is 0 Å². The van der Waals surface area contributed by atoms with E-state index >= 15 is 0 Å². The van der Waals surface area contributed by atoms with Crippen LogP contribution >= 0.6 is 0 Å². The van der Waals surface area contributed by atoms with Crippen molar-refractivity contribution in [2.75, 3.05) is 17.2 Å². The predicted molar refractivity (Wildman–Crippen MR) is 56.9 cm³/mol. The molecule has 7 nitrogen and oxygen atoms in total. The van der Waals surface area contributed by atoms with Gasteiger partial charge in [0.05, 0.1) is 5.69 Å². The van der Waals surface area contributed by atoms with Crippen molar-refractivity contribution in [1.29, 1.82) is 0 Å². The summed E-state index contributed by atoms with van der Waals surface area (Å²) in [4.78, 5) is 22.0. The first kappa shape index (κ1) is 10.2. The van der Waals surface area contributed by atoms with Gasteiger partial charge in [0.15, 0.2) is 6.61 Å². The Morgan fingerprint density at radius 3 is 3.06 bits per heavy atom. The molecule has 3 amide bonds. The second kappa shape index (κ2) is 4.07. The number of hydrazine groups is 1. The summed E-state index contributed by atoms with van der Waals surface area (Å²) in [6, 6.07) is 4.34. The van der Waals surface area contributed by atoms with Gasteiger partial charge in [0.25, 0.3) is 5.91 Å². The monoisotopic (exact) mass is 222 g/mol. The number of nitrogens with one attached hydrogen (secondary N) is 3. The quantitative estimate of drug-likeness (QED) is 0.305. The van der Waals surface area contributed by atoms with Crippen molar-refractivity contribution in [3.05, 3.63) is 18.2 Å². The molecule has 0 unspecified atom stereocenters. The zero-order valence-corrected chi connectivity index (χ0v) is 8.24. The lowest BCUT2D eigenvalue weighted by Crippen LogP contribution is -2.34. The fourth-order valence-corrected chi connectivity index (χ4v) is 1.33. The van der Waals surface area contributed by atoms with Gasteiger partial charge >= 0.3 is 6.03 Å². The molecule has 5 N–H and O–H groups in total. The predicted octanol–water partition coefficient (Wildman–Crippen LogP) is 0.0127. The van der Waals surface area contributed by atoms with Crippen molar-refractivity contribution in [3.8, 4) is 5.75 Å². The van der Waals surface area contributed by atoms with Gasteiger partial charge in [-0.2, -0.15) is 0 Å². The van der Waals surface area contributed by atoms with Crippen LogP contribution in [0.25, 0.3) is 0 Å². The number of ether oxygens (including phenoxy) is 1. The van der Waals surface area contributed by atoms with E-state index in [4.69, 9.17) is 10.6 Å².